The van der Waals surface area contributed by atoms with Gasteiger partial charge in [-0.05, 0) is 23.6 Å². The Hall–Kier alpha value is -1.67. The molecule has 0 saturated heterocycles. The lowest BCUT2D eigenvalue weighted by Gasteiger charge is -2.06. The Kier molecular flexibility index (Phi) is 2.45. The van der Waals surface area contributed by atoms with E-state index in [-0.39, 0.29) is 0 Å². The monoisotopic (exact) mass is 245 g/mol. The fourth-order valence-electron chi connectivity index (χ4n) is 2.05. The second-order valence-electron chi connectivity index (χ2n) is 4.13. The van der Waals surface area contributed by atoms with Crippen molar-refractivity contribution in [2.45, 2.75) is 11.8 Å². The molecule has 0 radical (unpaired) electrons. The predicted octanol–water partition coefficient (Wildman–Crippen LogP) is 2.55. The van der Waals surface area contributed by atoms with Gasteiger partial charge in [-0.15, -0.1) is 0 Å². The highest BCUT2D eigenvalue weighted by Gasteiger charge is 2.42. The summed E-state index contributed by atoms with van der Waals surface area (Å²) in [4.78, 5) is 11.4. The van der Waals surface area contributed by atoms with Crippen LogP contribution in [0.2, 0.25) is 0 Å². The number of halogens is 1. The number of rotatable bonds is 0. The maximum Gasteiger partial charge on any atom is 0.603 e. The largest absolute Gasteiger partial charge is 0.603 e. The summed E-state index contributed by atoms with van der Waals surface area (Å²) < 4.78 is 5.13. The van der Waals surface area contributed by atoms with Gasteiger partial charge >= 0.3 is 5.97 Å². The van der Waals surface area contributed by atoms with Gasteiger partial charge in [-0.2, -0.15) is 0 Å². The van der Waals surface area contributed by atoms with Gasteiger partial charge < -0.3 is 0 Å². The van der Waals surface area contributed by atoms with Crippen LogP contribution in [0, 0.1) is 0 Å². The van der Waals surface area contributed by atoms with Gasteiger partial charge in [0, 0.05) is 6.08 Å². The zero-order valence-corrected chi connectivity index (χ0v) is 9.78. The van der Waals surface area contributed by atoms with Crippen LogP contribution in [0.15, 0.2) is 59.3 Å². The average Bonchev–Trinajstić information content (AvgIpc) is 2.53. The molecule has 0 aromatic carbocycles. The molecule has 0 saturated carbocycles. The van der Waals surface area contributed by atoms with E-state index in [4.69, 9.17) is 16.0 Å². The first kappa shape index (κ1) is 10.5. The molecule has 0 amide bonds. The lowest BCUT2D eigenvalue weighted by atomic mass is 9.96. The highest BCUT2D eigenvalue weighted by molar-refractivity contribution is 6.37. The summed E-state index contributed by atoms with van der Waals surface area (Å²) in [7, 11) is 0. The van der Waals surface area contributed by atoms with E-state index in [9.17, 15) is 4.79 Å². The third kappa shape index (κ3) is 1.85. The first-order chi connectivity index (χ1) is 8.24. The Labute approximate surface area is 104 Å². The maximum atomic E-state index is 11.4. The number of carbonyl (C=O) groups excluding carboxylic acids is 2. The van der Waals surface area contributed by atoms with Gasteiger partial charge in [-0.1, -0.05) is 42.0 Å². The summed E-state index contributed by atoms with van der Waals surface area (Å²) in [5.74, 6) is 0.172. The molecule has 1 aliphatic heterocycles. The highest BCUT2D eigenvalue weighted by Crippen LogP contribution is 2.27. The smallest absolute Gasteiger partial charge is 0.270 e. The van der Waals surface area contributed by atoms with Crippen LogP contribution in [0.3, 0.4) is 0 Å². The first-order valence-electron chi connectivity index (χ1n) is 5.43. The minimum Gasteiger partial charge on any atom is -0.270 e. The number of hydrogen-bond acceptors (Lipinski definition) is 1. The lowest BCUT2D eigenvalue weighted by Crippen LogP contribution is -2.11. The van der Waals surface area contributed by atoms with Crippen LogP contribution in [-0.4, -0.2) is 17.1 Å². The van der Waals surface area contributed by atoms with Crippen molar-refractivity contribution < 1.29 is 9.22 Å². The Morgan fingerprint density at radius 3 is 2.76 bits per heavy atom. The fourth-order valence-corrected chi connectivity index (χ4v) is 2.27. The molecule has 3 heteroatoms. The van der Waals surface area contributed by atoms with Crippen LogP contribution in [0.4, 0.5) is 0 Å². The summed E-state index contributed by atoms with van der Waals surface area (Å²) in [6, 6.07) is 0. The van der Waals surface area contributed by atoms with Crippen molar-refractivity contribution in [2.24, 2.45) is 0 Å². The van der Waals surface area contributed by atoms with E-state index in [2.05, 4.69) is 0 Å². The summed E-state index contributed by atoms with van der Waals surface area (Å²) in [6.45, 7) is 0. The van der Waals surface area contributed by atoms with Crippen LogP contribution < -0.4 is 0 Å². The second kappa shape index (κ2) is 3.97. The molecule has 1 unspecified atom stereocenters. The van der Waals surface area contributed by atoms with Crippen LogP contribution >= 0.6 is 11.6 Å². The number of alkyl halides is 1. The van der Waals surface area contributed by atoms with Crippen LogP contribution in [0.25, 0.3) is 0 Å². The van der Waals surface area contributed by atoms with Crippen molar-refractivity contribution in [2.75, 3.05) is 0 Å². The zero-order chi connectivity index (χ0) is 11.8. The topological polar surface area (TPSA) is 28.4 Å². The Morgan fingerprint density at radius 2 is 1.94 bits per heavy atom. The number of carbonyl (C=O) groups is 1. The van der Waals surface area contributed by atoms with Gasteiger partial charge in [0.05, 0.1) is 10.4 Å². The molecule has 84 valence electrons. The lowest BCUT2D eigenvalue weighted by molar-refractivity contribution is -0.369. The zero-order valence-electron chi connectivity index (χ0n) is 9.02. The van der Waals surface area contributed by atoms with E-state index in [1.807, 2.05) is 42.5 Å². The third-order valence-electron chi connectivity index (χ3n) is 2.90. The second-order valence-corrected chi connectivity index (χ2v) is 4.56. The minimum absolute atomic E-state index is 0.392. The van der Waals surface area contributed by atoms with E-state index in [1.165, 1.54) is 5.57 Å². The van der Waals surface area contributed by atoms with Crippen molar-refractivity contribution in [3.63, 3.8) is 0 Å². The van der Waals surface area contributed by atoms with Gasteiger partial charge in [-0.25, -0.2) is 0 Å². The predicted molar refractivity (Wildman–Crippen MR) is 66.8 cm³/mol. The van der Waals surface area contributed by atoms with Crippen molar-refractivity contribution in [3.05, 3.63) is 59.3 Å². The number of ketones is 1. The molecule has 0 N–H and O–H groups in total. The third-order valence-corrected chi connectivity index (χ3v) is 3.32. The highest BCUT2D eigenvalue weighted by atomic mass is 35.5. The molecule has 3 aliphatic rings. The van der Waals surface area contributed by atoms with Crippen LogP contribution in [0.1, 0.15) is 6.42 Å². The van der Waals surface area contributed by atoms with Crippen molar-refractivity contribution in [3.8, 4) is 0 Å². The molecular weight excluding hydrogens is 236 g/mol. The van der Waals surface area contributed by atoms with E-state index in [0.29, 0.717) is 5.78 Å². The van der Waals surface area contributed by atoms with E-state index < -0.39 is 11.3 Å². The molecule has 0 spiro atoms. The standard InChI is InChI=1S/C14H10ClO2/c15-13-11-8-10-4-2-1-3-9(7-10)5-6-12(11)17-14(13)16/h1-6,8,13H,7H2/q+1/b6-5-,11-8+. The summed E-state index contributed by atoms with van der Waals surface area (Å²) in [6.07, 6.45) is 14.6. The van der Waals surface area contributed by atoms with E-state index in [0.717, 1.165) is 17.6 Å². The van der Waals surface area contributed by atoms with Gasteiger partial charge in [0.1, 0.15) is 0 Å². The van der Waals surface area contributed by atoms with E-state index >= 15 is 0 Å². The maximum absolute atomic E-state index is 11.4. The molecule has 2 aliphatic carbocycles. The first-order valence-corrected chi connectivity index (χ1v) is 5.87. The number of allylic oxidation sites excluding steroid dienone is 9. The molecule has 2 bridgehead atoms. The SMILES string of the molecule is O=C1[O+]=C2/C=C\C3=CC=CC=C(/C=C\2C1Cl)C3. The normalized spacial score (nSPS) is 31.1. The molecule has 1 atom stereocenters. The molecule has 17 heavy (non-hydrogen) atoms. The molecule has 0 fully saturated rings. The molecule has 0 aromatic rings. The fraction of sp³-hybridized carbons (Fsp3) is 0.143. The van der Waals surface area contributed by atoms with Crippen molar-refractivity contribution >= 4 is 23.4 Å². The molecule has 0 aromatic heterocycles. The van der Waals surface area contributed by atoms with E-state index in [1.54, 1.807) is 0 Å². The van der Waals surface area contributed by atoms with Crippen LogP contribution in [-0.2, 0) is 9.22 Å². The number of hydrogen-bond donors (Lipinski definition) is 0. The average molecular weight is 246 g/mol. The van der Waals surface area contributed by atoms with Crippen molar-refractivity contribution in [1.29, 1.82) is 0 Å². The van der Waals surface area contributed by atoms with Crippen LogP contribution in [0.5, 0.6) is 0 Å². The number of fused-ring (bicyclic) bond motifs is 3. The summed E-state index contributed by atoms with van der Waals surface area (Å²) in [5.41, 5.74) is 3.07. The van der Waals surface area contributed by atoms with Gasteiger partial charge in [0.2, 0.25) is 5.38 Å². The summed E-state index contributed by atoms with van der Waals surface area (Å²) in [5, 5.41) is -0.687. The Morgan fingerprint density at radius 1 is 1.18 bits per heavy atom. The molecule has 3 rings (SSSR count). The Balaban J connectivity index is 2.15. The Bertz CT molecular complexity index is 571. The minimum atomic E-state index is -0.687. The molecule has 2 nitrogen and oxygen atoms in total. The molecular formula is C14H10ClO2+. The molecule has 1 heterocycles. The van der Waals surface area contributed by atoms with Gasteiger partial charge in [-0.3, -0.25) is 4.42 Å². The summed E-state index contributed by atoms with van der Waals surface area (Å²) >= 11 is 6.02. The quantitative estimate of drug-likeness (QED) is 0.476. The van der Waals surface area contributed by atoms with Gasteiger partial charge in [0.25, 0.3) is 5.78 Å². The van der Waals surface area contributed by atoms with Crippen molar-refractivity contribution in [1.82, 2.24) is 0 Å². The van der Waals surface area contributed by atoms with Gasteiger partial charge in [0.15, 0.2) is 0 Å².